The minimum Gasteiger partial charge on any atom is -0.335 e. The van der Waals surface area contributed by atoms with Crippen LogP contribution in [0.3, 0.4) is 0 Å². The van der Waals surface area contributed by atoms with Gasteiger partial charge in [0.1, 0.15) is 6.04 Å². The Morgan fingerprint density at radius 3 is 2.35 bits per heavy atom. The fourth-order valence-corrected chi connectivity index (χ4v) is 2.70. The molecule has 0 spiro atoms. The first kappa shape index (κ1) is 15.0. The SMILES string of the molecule is CC(=O)c1cn([C@@H](C)C(=O)Nc2ccccc2)c2ccccc12. The second-order valence-corrected chi connectivity index (χ2v) is 5.55. The molecule has 2 aromatic carbocycles. The molecular formula is C19H18N2O2. The van der Waals surface area contributed by atoms with Gasteiger partial charge in [-0.25, -0.2) is 0 Å². The van der Waals surface area contributed by atoms with E-state index < -0.39 is 6.04 Å². The van der Waals surface area contributed by atoms with E-state index in [1.165, 1.54) is 0 Å². The molecule has 0 aliphatic carbocycles. The second kappa shape index (κ2) is 6.08. The molecule has 1 heterocycles. The van der Waals surface area contributed by atoms with Crippen molar-refractivity contribution in [1.29, 1.82) is 0 Å². The van der Waals surface area contributed by atoms with Crippen LogP contribution in [0.5, 0.6) is 0 Å². The number of rotatable bonds is 4. The van der Waals surface area contributed by atoms with Crippen molar-refractivity contribution in [3.05, 3.63) is 66.4 Å². The first-order chi connectivity index (χ1) is 11.1. The molecule has 0 unspecified atom stereocenters. The molecule has 23 heavy (non-hydrogen) atoms. The van der Waals surface area contributed by atoms with Crippen molar-refractivity contribution < 1.29 is 9.59 Å². The van der Waals surface area contributed by atoms with Gasteiger partial charge in [0, 0.05) is 28.4 Å². The molecule has 4 nitrogen and oxygen atoms in total. The average Bonchev–Trinajstić information content (AvgIpc) is 2.95. The molecule has 116 valence electrons. The minimum atomic E-state index is -0.423. The number of para-hydroxylation sites is 2. The summed E-state index contributed by atoms with van der Waals surface area (Å²) < 4.78 is 1.85. The van der Waals surface area contributed by atoms with Gasteiger partial charge in [0.2, 0.25) is 5.91 Å². The van der Waals surface area contributed by atoms with Gasteiger partial charge in [-0.05, 0) is 32.0 Å². The molecule has 3 rings (SSSR count). The Labute approximate surface area is 134 Å². The van der Waals surface area contributed by atoms with Crippen molar-refractivity contribution in [1.82, 2.24) is 4.57 Å². The van der Waals surface area contributed by atoms with Crippen molar-refractivity contribution >= 4 is 28.3 Å². The summed E-state index contributed by atoms with van der Waals surface area (Å²) in [6, 6.07) is 16.6. The summed E-state index contributed by atoms with van der Waals surface area (Å²) in [7, 11) is 0. The van der Waals surface area contributed by atoms with Crippen LogP contribution in [0.4, 0.5) is 5.69 Å². The number of ketones is 1. The maximum Gasteiger partial charge on any atom is 0.247 e. The summed E-state index contributed by atoms with van der Waals surface area (Å²) in [6.45, 7) is 3.37. The summed E-state index contributed by atoms with van der Waals surface area (Å²) in [5.41, 5.74) is 2.28. The van der Waals surface area contributed by atoms with Crippen molar-refractivity contribution in [2.24, 2.45) is 0 Å². The maximum absolute atomic E-state index is 12.5. The van der Waals surface area contributed by atoms with Gasteiger partial charge < -0.3 is 9.88 Å². The Morgan fingerprint density at radius 2 is 1.65 bits per heavy atom. The standard InChI is InChI=1S/C19H18N2O2/c1-13(19(23)20-15-8-4-3-5-9-15)21-12-17(14(2)22)16-10-6-7-11-18(16)21/h3-13H,1-2H3,(H,20,23)/t13-/m0/s1. The number of carbonyl (C=O) groups is 2. The lowest BCUT2D eigenvalue weighted by molar-refractivity contribution is -0.118. The van der Waals surface area contributed by atoms with E-state index in [0.717, 1.165) is 16.6 Å². The number of hydrogen-bond donors (Lipinski definition) is 1. The predicted octanol–water partition coefficient (Wildman–Crippen LogP) is 4.04. The molecule has 1 atom stereocenters. The lowest BCUT2D eigenvalue weighted by Crippen LogP contribution is -2.23. The molecule has 3 aromatic rings. The fourth-order valence-electron chi connectivity index (χ4n) is 2.70. The third kappa shape index (κ3) is 2.88. The van der Waals surface area contributed by atoms with E-state index in [4.69, 9.17) is 0 Å². The predicted molar refractivity (Wildman–Crippen MR) is 91.7 cm³/mol. The van der Waals surface area contributed by atoms with Crippen LogP contribution in [0.15, 0.2) is 60.8 Å². The number of hydrogen-bond acceptors (Lipinski definition) is 2. The monoisotopic (exact) mass is 306 g/mol. The molecule has 1 amide bonds. The highest BCUT2D eigenvalue weighted by atomic mass is 16.2. The van der Waals surface area contributed by atoms with E-state index >= 15 is 0 Å². The number of anilines is 1. The normalized spacial score (nSPS) is 12.1. The smallest absolute Gasteiger partial charge is 0.247 e. The van der Waals surface area contributed by atoms with Crippen molar-refractivity contribution in [2.75, 3.05) is 5.32 Å². The average molecular weight is 306 g/mol. The lowest BCUT2D eigenvalue weighted by atomic mass is 10.1. The topological polar surface area (TPSA) is 51.1 Å². The van der Waals surface area contributed by atoms with Gasteiger partial charge in [-0.15, -0.1) is 0 Å². The molecule has 0 bridgehead atoms. The number of nitrogens with zero attached hydrogens (tertiary/aromatic N) is 1. The van der Waals surface area contributed by atoms with Crippen LogP contribution in [0.25, 0.3) is 10.9 Å². The van der Waals surface area contributed by atoms with E-state index in [2.05, 4.69) is 5.32 Å². The highest BCUT2D eigenvalue weighted by Gasteiger charge is 2.20. The zero-order valence-electron chi connectivity index (χ0n) is 13.1. The van der Waals surface area contributed by atoms with E-state index in [1.54, 1.807) is 13.1 Å². The Bertz CT molecular complexity index is 865. The molecule has 0 saturated carbocycles. The van der Waals surface area contributed by atoms with Crippen LogP contribution in [-0.2, 0) is 4.79 Å². The van der Waals surface area contributed by atoms with Crippen molar-refractivity contribution in [3.63, 3.8) is 0 Å². The molecule has 1 aromatic heterocycles. The fraction of sp³-hybridized carbons (Fsp3) is 0.158. The first-order valence-corrected chi connectivity index (χ1v) is 7.54. The number of benzene rings is 2. The van der Waals surface area contributed by atoms with Crippen LogP contribution in [0, 0.1) is 0 Å². The molecule has 4 heteroatoms. The summed E-state index contributed by atoms with van der Waals surface area (Å²) in [5.74, 6) is -0.123. The Kier molecular flexibility index (Phi) is 3.98. The number of carbonyl (C=O) groups excluding carboxylic acids is 2. The van der Waals surface area contributed by atoms with E-state index in [0.29, 0.717) is 5.56 Å². The molecule has 1 N–H and O–H groups in total. The Hall–Kier alpha value is -2.88. The van der Waals surface area contributed by atoms with E-state index in [-0.39, 0.29) is 11.7 Å². The Morgan fingerprint density at radius 1 is 1.00 bits per heavy atom. The first-order valence-electron chi connectivity index (χ1n) is 7.54. The van der Waals surface area contributed by atoms with Crippen LogP contribution >= 0.6 is 0 Å². The van der Waals surface area contributed by atoms with Gasteiger partial charge >= 0.3 is 0 Å². The zero-order valence-corrected chi connectivity index (χ0v) is 13.1. The number of fused-ring (bicyclic) bond motifs is 1. The number of aromatic nitrogens is 1. The third-order valence-corrected chi connectivity index (χ3v) is 3.96. The molecule has 0 aliphatic heterocycles. The van der Waals surface area contributed by atoms with Crippen LogP contribution in [-0.4, -0.2) is 16.3 Å². The van der Waals surface area contributed by atoms with Gasteiger partial charge in [-0.2, -0.15) is 0 Å². The highest BCUT2D eigenvalue weighted by Crippen LogP contribution is 2.25. The quantitative estimate of drug-likeness (QED) is 0.739. The molecule has 0 fully saturated rings. The van der Waals surface area contributed by atoms with Gasteiger partial charge in [-0.1, -0.05) is 36.4 Å². The van der Waals surface area contributed by atoms with E-state index in [1.807, 2.05) is 66.1 Å². The van der Waals surface area contributed by atoms with Crippen molar-refractivity contribution in [2.45, 2.75) is 19.9 Å². The van der Waals surface area contributed by atoms with Gasteiger partial charge in [0.05, 0.1) is 0 Å². The number of Topliss-reactive ketones (excluding diaryl/α,β-unsaturated/α-hetero) is 1. The summed E-state index contributed by atoms with van der Waals surface area (Å²) in [5, 5.41) is 3.77. The van der Waals surface area contributed by atoms with Gasteiger partial charge in [0.25, 0.3) is 0 Å². The van der Waals surface area contributed by atoms with Gasteiger partial charge in [-0.3, -0.25) is 9.59 Å². The van der Waals surface area contributed by atoms with Gasteiger partial charge in [0.15, 0.2) is 5.78 Å². The van der Waals surface area contributed by atoms with Crippen LogP contribution in [0.1, 0.15) is 30.2 Å². The lowest BCUT2D eigenvalue weighted by Gasteiger charge is -2.15. The summed E-state index contributed by atoms with van der Waals surface area (Å²) in [4.78, 5) is 24.4. The molecule has 0 saturated heterocycles. The number of amides is 1. The van der Waals surface area contributed by atoms with Crippen LogP contribution < -0.4 is 5.32 Å². The maximum atomic E-state index is 12.5. The third-order valence-electron chi connectivity index (χ3n) is 3.96. The highest BCUT2D eigenvalue weighted by molar-refractivity contribution is 6.07. The zero-order chi connectivity index (χ0) is 16.4. The minimum absolute atomic E-state index is 0.00406. The summed E-state index contributed by atoms with van der Waals surface area (Å²) in [6.07, 6.45) is 1.77. The van der Waals surface area contributed by atoms with Crippen molar-refractivity contribution in [3.8, 4) is 0 Å². The second-order valence-electron chi connectivity index (χ2n) is 5.55. The van der Waals surface area contributed by atoms with E-state index in [9.17, 15) is 9.59 Å². The largest absolute Gasteiger partial charge is 0.335 e. The summed E-state index contributed by atoms with van der Waals surface area (Å²) >= 11 is 0. The number of nitrogens with one attached hydrogen (secondary N) is 1. The van der Waals surface area contributed by atoms with Crippen LogP contribution in [0.2, 0.25) is 0 Å². The Balaban J connectivity index is 1.96. The molecular weight excluding hydrogens is 288 g/mol. The molecule has 0 radical (unpaired) electrons. The molecule has 0 aliphatic rings.